The molecule has 29 heavy (non-hydrogen) atoms. The van der Waals surface area contributed by atoms with Gasteiger partial charge in [0.05, 0.1) is 18.1 Å². The SMILES string of the molecule is Cc1cc2ccccc2n2c(=O)n(C[C@@H](C)NC(=O)C[C@@H](C)n3cncn3)nc12. The van der Waals surface area contributed by atoms with E-state index in [-0.39, 0.29) is 36.6 Å². The molecule has 1 amide bonds. The number of carbonyl (C=O) groups is 1. The summed E-state index contributed by atoms with van der Waals surface area (Å²) in [6.07, 6.45) is 3.31. The van der Waals surface area contributed by atoms with E-state index in [1.54, 1.807) is 15.4 Å². The number of aromatic nitrogens is 6. The summed E-state index contributed by atoms with van der Waals surface area (Å²) in [7, 11) is 0. The van der Waals surface area contributed by atoms with Gasteiger partial charge in [0.15, 0.2) is 5.65 Å². The highest BCUT2D eigenvalue weighted by molar-refractivity contribution is 5.83. The van der Waals surface area contributed by atoms with Crippen LogP contribution in [-0.4, -0.2) is 40.9 Å². The van der Waals surface area contributed by atoms with Crippen molar-refractivity contribution in [1.29, 1.82) is 0 Å². The van der Waals surface area contributed by atoms with E-state index in [1.807, 2.05) is 51.1 Å². The maximum absolute atomic E-state index is 13.0. The van der Waals surface area contributed by atoms with Crippen LogP contribution in [0.2, 0.25) is 0 Å². The lowest BCUT2D eigenvalue weighted by Crippen LogP contribution is -2.39. The molecule has 0 spiro atoms. The van der Waals surface area contributed by atoms with Gasteiger partial charge >= 0.3 is 5.69 Å². The molecule has 0 aliphatic heterocycles. The third-order valence-corrected chi connectivity index (χ3v) is 4.96. The van der Waals surface area contributed by atoms with Crippen molar-refractivity contribution in [3.63, 3.8) is 0 Å². The van der Waals surface area contributed by atoms with Crippen LogP contribution in [0, 0.1) is 6.92 Å². The zero-order valence-electron chi connectivity index (χ0n) is 16.6. The van der Waals surface area contributed by atoms with Gasteiger partial charge in [0.25, 0.3) is 0 Å². The average Bonchev–Trinajstić information content (AvgIpc) is 3.31. The second-order valence-electron chi connectivity index (χ2n) is 7.41. The van der Waals surface area contributed by atoms with Crippen molar-refractivity contribution in [2.45, 2.75) is 45.8 Å². The van der Waals surface area contributed by atoms with E-state index in [9.17, 15) is 9.59 Å². The largest absolute Gasteiger partial charge is 0.352 e. The van der Waals surface area contributed by atoms with Crippen LogP contribution in [0.3, 0.4) is 0 Å². The lowest BCUT2D eigenvalue weighted by atomic mass is 10.1. The molecule has 0 saturated carbocycles. The normalized spacial score (nSPS) is 13.6. The number of rotatable bonds is 6. The summed E-state index contributed by atoms with van der Waals surface area (Å²) in [5.41, 5.74) is 2.17. The molecule has 3 heterocycles. The summed E-state index contributed by atoms with van der Waals surface area (Å²) in [6.45, 7) is 5.99. The summed E-state index contributed by atoms with van der Waals surface area (Å²) >= 11 is 0. The predicted octanol–water partition coefficient (Wildman–Crippen LogP) is 1.71. The molecule has 3 aromatic heterocycles. The minimum Gasteiger partial charge on any atom is -0.352 e. The summed E-state index contributed by atoms with van der Waals surface area (Å²) < 4.78 is 4.69. The predicted molar refractivity (Wildman–Crippen MR) is 109 cm³/mol. The number of fused-ring (bicyclic) bond motifs is 3. The quantitative estimate of drug-likeness (QED) is 0.538. The summed E-state index contributed by atoms with van der Waals surface area (Å²) in [5.74, 6) is -0.112. The van der Waals surface area contributed by atoms with E-state index < -0.39 is 0 Å². The molecule has 2 atom stereocenters. The van der Waals surface area contributed by atoms with Crippen LogP contribution in [0.4, 0.5) is 0 Å². The molecule has 1 aromatic carbocycles. The maximum atomic E-state index is 13.0. The van der Waals surface area contributed by atoms with Crippen molar-refractivity contribution in [2.24, 2.45) is 0 Å². The standard InChI is InChI=1S/C20H23N7O2/c1-13-8-16-6-4-5-7-17(16)27-19(13)24-25(20(27)29)10-14(2)23-18(28)9-15(3)26-12-21-11-22-26/h4-8,11-12,14-15H,9-10H2,1-3H3,(H,23,28)/t14-,15-/m1/s1. The molecule has 4 aromatic rings. The summed E-state index contributed by atoms with van der Waals surface area (Å²) in [4.78, 5) is 29.2. The lowest BCUT2D eigenvalue weighted by molar-refractivity contribution is -0.122. The van der Waals surface area contributed by atoms with Crippen molar-refractivity contribution in [2.75, 3.05) is 0 Å². The van der Waals surface area contributed by atoms with Crippen LogP contribution < -0.4 is 11.0 Å². The molecule has 1 N–H and O–H groups in total. The number of nitrogens with one attached hydrogen (secondary N) is 1. The van der Waals surface area contributed by atoms with Crippen molar-refractivity contribution >= 4 is 22.5 Å². The molecule has 150 valence electrons. The van der Waals surface area contributed by atoms with Gasteiger partial charge in [-0.1, -0.05) is 18.2 Å². The van der Waals surface area contributed by atoms with Gasteiger partial charge in [-0.2, -0.15) is 5.10 Å². The van der Waals surface area contributed by atoms with E-state index >= 15 is 0 Å². The number of hydrogen-bond donors (Lipinski definition) is 1. The molecule has 4 rings (SSSR count). The van der Waals surface area contributed by atoms with Crippen LogP contribution >= 0.6 is 0 Å². The fourth-order valence-corrected chi connectivity index (χ4v) is 3.56. The second-order valence-corrected chi connectivity index (χ2v) is 7.41. The minimum absolute atomic E-state index is 0.100. The first kappa shape index (κ1) is 18.9. The summed E-state index contributed by atoms with van der Waals surface area (Å²) in [6, 6.07) is 9.41. The van der Waals surface area contributed by atoms with Gasteiger partial charge < -0.3 is 5.32 Å². The molecule has 0 bridgehead atoms. The van der Waals surface area contributed by atoms with E-state index in [2.05, 4.69) is 20.5 Å². The monoisotopic (exact) mass is 393 g/mol. The molecule has 9 nitrogen and oxygen atoms in total. The highest BCUT2D eigenvalue weighted by Crippen LogP contribution is 2.18. The van der Waals surface area contributed by atoms with Gasteiger partial charge in [0.2, 0.25) is 5.91 Å². The molecule has 0 aliphatic carbocycles. The third kappa shape index (κ3) is 3.63. The zero-order valence-corrected chi connectivity index (χ0v) is 16.6. The zero-order chi connectivity index (χ0) is 20.5. The number of benzene rings is 1. The minimum atomic E-state index is -0.250. The topological polar surface area (TPSA) is 99.1 Å². The van der Waals surface area contributed by atoms with Gasteiger partial charge in [0, 0.05) is 12.5 Å². The van der Waals surface area contributed by atoms with Crippen molar-refractivity contribution in [3.05, 3.63) is 59.0 Å². The van der Waals surface area contributed by atoms with Gasteiger partial charge in [-0.25, -0.2) is 23.5 Å². The van der Waals surface area contributed by atoms with Crippen molar-refractivity contribution in [1.82, 2.24) is 34.3 Å². The Bertz CT molecular complexity index is 1220. The Kier molecular flexibility index (Phi) is 4.87. The lowest BCUT2D eigenvalue weighted by Gasteiger charge is -2.16. The van der Waals surface area contributed by atoms with E-state index in [4.69, 9.17) is 0 Å². The number of nitrogens with zero attached hydrogens (tertiary/aromatic N) is 6. The van der Waals surface area contributed by atoms with Gasteiger partial charge in [-0.15, -0.1) is 5.10 Å². The van der Waals surface area contributed by atoms with Gasteiger partial charge in [-0.05, 0) is 43.9 Å². The van der Waals surface area contributed by atoms with Crippen LogP contribution in [0.5, 0.6) is 0 Å². The van der Waals surface area contributed by atoms with E-state index in [0.717, 1.165) is 16.5 Å². The number of para-hydroxylation sites is 1. The van der Waals surface area contributed by atoms with Crippen LogP contribution in [0.15, 0.2) is 47.8 Å². The Morgan fingerprint density at radius 2 is 2.03 bits per heavy atom. The van der Waals surface area contributed by atoms with Gasteiger partial charge in [0.1, 0.15) is 12.7 Å². The molecule has 0 saturated heterocycles. The number of amides is 1. The van der Waals surface area contributed by atoms with Crippen LogP contribution in [0.1, 0.15) is 31.9 Å². The Morgan fingerprint density at radius 1 is 1.24 bits per heavy atom. The number of hydrogen-bond acceptors (Lipinski definition) is 5. The molecule has 0 unspecified atom stereocenters. The van der Waals surface area contributed by atoms with E-state index in [1.165, 1.54) is 11.0 Å². The molecule has 0 fully saturated rings. The molecular weight excluding hydrogens is 370 g/mol. The molecular formula is C20H23N7O2. The first-order valence-electron chi connectivity index (χ1n) is 9.55. The third-order valence-electron chi connectivity index (χ3n) is 4.96. The van der Waals surface area contributed by atoms with Crippen LogP contribution in [0.25, 0.3) is 16.6 Å². The first-order chi connectivity index (χ1) is 13.9. The highest BCUT2D eigenvalue weighted by atomic mass is 16.2. The Labute approximate surface area is 167 Å². The number of carbonyl (C=O) groups excluding carboxylic acids is 1. The number of pyridine rings is 1. The Hall–Kier alpha value is -3.49. The smallest absolute Gasteiger partial charge is 0.350 e. The molecule has 0 aliphatic rings. The fraction of sp³-hybridized carbons (Fsp3) is 0.350. The highest BCUT2D eigenvalue weighted by Gasteiger charge is 2.17. The van der Waals surface area contributed by atoms with Crippen molar-refractivity contribution in [3.8, 4) is 0 Å². The van der Waals surface area contributed by atoms with E-state index in [0.29, 0.717) is 5.65 Å². The maximum Gasteiger partial charge on any atom is 0.350 e. The Balaban J connectivity index is 1.52. The van der Waals surface area contributed by atoms with Crippen molar-refractivity contribution < 1.29 is 4.79 Å². The average molecular weight is 393 g/mol. The number of aryl methyl sites for hydroxylation is 1. The fourth-order valence-electron chi connectivity index (χ4n) is 3.56. The van der Waals surface area contributed by atoms with Gasteiger partial charge in [-0.3, -0.25) is 4.79 Å². The first-order valence-corrected chi connectivity index (χ1v) is 9.55. The van der Waals surface area contributed by atoms with Crippen LogP contribution in [-0.2, 0) is 11.3 Å². The summed E-state index contributed by atoms with van der Waals surface area (Å²) in [5, 5.41) is 12.5. The second kappa shape index (κ2) is 7.50. The molecule has 9 heteroatoms. The Morgan fingerprint density at radius 3 is 2.79 bits per heavy atom. The molecule has 0 radical (unpaired) electrons.